The summed E-state index contributed by atoms with van der Waals surface area (Å²) < 4.78 is 11.8. The van der Waals surface area contributed by atoms with E-state index in [9.17, 15) is 0 Å². The fourth-order valence-electron chi connectivity index (χ4n) is 4.12. The summed E-state index contributed by atoms with van der Waals surface area (Å²) in [7, 11) is 2.12. The highest BCUT2D eigenvalue weighted by Crippen LogP contribution is 2.37. The van der Waals surface area contributed by atoms with Crippen LogP contribution in [0.25, 0.3) is 0 Å². The second-order valence-corrected chi connectivity index (χ2v) is 6.13. The van der Waals surface area contributed by atoms with Crippen LogP contribution in [0, 0.1) is 5.92 Å². The Balaban J connectivity index is 2.10. The van der Waals surface area contributed by atoms with Crippen molar-refractivity contribution in [2.24, 2.45) is 5.92 Å². The fraction of sp³-hybridized carbons (Fsp3) is 1.00. The van der Waals surface area contributed by atoms with Crippen molar-refractivity contribution in [1.29, 1.82) is 0 Å². The number of nitrogens with one attached hydrogen (secondary N) is 1. The Hall–Kier alpha value is -0.120. The number of ether oxygens (including phenoxy) is 2. The maximum Gasteiger partial charge on any atom is 0.0880 e. The molecule has 2 aliphatic rings. The van der Waals surface area contributed by atoms with Gasteiger partial charge in [0.1, 0.15) is 0 Å². The van der Waals surface area contributed by atoms with Crippen LogP contribution in [0.1, 0.15) is 58.3 Å². The van der Waals surface area contributed by atoms with Gasteiger partial charge in [0.2, 0.25) is 0 Å². The van der Waals surface area contributed by atoms with E-state index >= 15 is 0 Å². The first-order chi connectivity index (χ1) is 9.32. The van der Waals surface area contributed by atoms with Gasteiger partial charge in [-0.25, -0.2) is 0 Å². The summed E-state index contributed by atoms with van der Waals surface area (Å²) in [4.78, 5) is 0. The molecule has 1 saturated heterocycles. The molecule has 1 saturated carbocycles. The molecule has 0 aromatic carbocycles. The van der Waals surface area contributed by atoms with Gasteiger partial charge in [-0.1, -0.05) is 25.7 Å². The standard InChI is InChI=1S/C16H31NO2/c1-3-19-16(10-12-18-13-11-16)15(17-2)14-8-6-4-5-7-9-14/h14-15,17H,3-13H2,1-2H3. The average Bonchev–Trinajstić information content (AvgIpc) is 2.70. The Morgan fingerprint density at radius 1 is 1.16 bits per heavy atom. The predicted octanol–water partition coefficient (Wildman–Crippen LogP) is 3.13. The third-order valence-corrected chi connectivity index (χ3v) is 5.02. The third kappa shape index (κ3) is 3.71. The highest BCUT2D eigenvalue weighted by atomic mass is 16.5. The molecule has 0 spiro atoms. The first-order valence-electron chi connectivity index (χ1n) is 8.21. The molecule has 1 aliphatic carbocycles. The molecular formula is C16H31NO2. The van der Waals surface area contributed by atoms with Gasteiger partial charge < -0.3 is 14.8 Å². The SMILES string of the molecule is CCOC1(C(NC)C2CCCCCC2)CCOCC1. The molecule has 0 amide bonds. The normalized spacial score (nSPS) is 26.8. The van der Waals surface area contributed by atoms with Crippen molar-refractivity contribution in [1.82, 2.24) is 5.32 Å². The van der Waals surface area contributed by atoms with Crippen LogP contribution in [0.3, 0.4) is 0 Å². The third-order valence-electron chi connectivity index (χ3n) is 5.02. The number of likely N-dealkylation sites (N-methyl/N-ethyl adjacent to an activating group) is 1. The lowest BCUT2D eigenvalue weighted by Gasteiger charge is -2.46. The zero-order valence-corrected chi connectivity index (χ0v) is 12.7. The molecule has 0 bridgehead atoms. The van der Waals surface area contributed by atoms with Crippen molar-refractivity contribution >= 4 is 0 Å². The van der Waals surface area contributed by atoms with Crippen LogP contribution in [0.5, 0.6) is 0 Å². The molecule has 1 N–H and O–H groups in total. The van der Waals surface area contributed by atoms with E-state index in [0.29, 0.717) is 6.04 Å². The van der Waals surface area contributed by atoms with Crippen LogP contribution >= 0.6 is 0 Å². The molecule has 1 heterocycles. The molecule has 1 unspecified atom stereocenters. The smallest absolute Gasteiger partial charge is 0.0880 e. The van der Waals surface area contributed by atoms with Crippen LogP contribution < -0.4 is 5.32 Å². The van der Waals surface area contributed by atoms with Crippen LogP contribution in [-0.2, 0) is 9.47 Å². The van der Waals surface area contributed by atoms with Gasteiger partial charge in [-0.3, -0.25) is 0 Å². The molecule has 3 nitrogen and oxygen atoms in total. The maximum absolute atomic E-state index is 6.28. The maximum atomic E-state index is 6.28. The van der Waals surface area contributed by atoms with E-state index in [4.69, 9.17) is 9.47 Å². The van der Waals surface area contributed by atoms with Gasteiger partial charge in [0, 0.05) is 38.7 Å². The van der Waals surface area contributed by atoms with Crippen molar-refractivity contribution in [2.45, 2.75) is 69.9 Å². The molecule has 2 rings (SSSR count). The molecule has 0 radical (unpaired) electrons. The summed E-state index contributed by atoms with van der Waals surface area (Å²) in [6.45, 7) is 4.64. The zero-order valence-electron chi connectivity index (χ0n) is 12.7. The molecule has 112 valence electrons. The summed E-state index contributed by atoms with van der Waals surface area (Å²) in [6.07, 6.45) is 10.4. The van der Waals surface area contributed by atoms with Crippen molar-refractivity contribution in [2.75, 3.05) is 26.9 Å². The van der Waals surface area contributed by atoms with Crippen molar-refractivity contribution in [3.63, 3.8) is 0 Å². The molecule has 1 atom stereocenters. The Labute approximate surface area is 118 Å². The van der Waals surface area contributed by atoms with Crippen molar-refractivity contribution < 1.29 is 9.47 Å². The molecule has 0 aromatic heterocycles. The van der Waals surface area contributed by atoms with Gasteiger partial charge in [0.25, 0.3) is 0 Å². The fourth-order valence-corrected chi connectivity index (χ4v) is 4.12. The minimum Gasteiger partial charge on any atom is -0.381 e. The Kier molecular flexibility index (Phi) is 6.11. The summed E-state index contributed by atoms with van der Waals surface area (Å²) in [5.74, 6) is 0.775. The lowest BCUT2D eigenvalue weighted by Crippen LogP contribution is -2.57. The highest BCUT2D eigenvalue weighted by molar-refractivity contribution is 4.98. The van der Waals surface area contributed by atoms with Gasteiger partial charge in [-0.2, -0.15) is 0 Å². The summed E-state index contributed by atoms with van der Waals surface area (Å²) >= 11 is 0. The Morgan fingerprint density at radius 3 is 2.32 bits per heavy atom. The largest absolute Gasteiger partial charge is 0.381 e. The van der Waals surface area contributed by atoms with E-state index in [1.165, 1.54) is 38.5 Å². The molecule has 1 aliphatic heterocycles. The zero-order chi connectivity index (χ0) is 13.6. The van der Waals surface area contributed by atoms with Gasteiger partial charge >= 0.3 is 0 Å². The predicted molar refractivity (Wildman–Crippen MR) is 78.4 cm³/mol. The Morgan fingerprint density at radius 2 is 1.79 bits per heavy atom. The van der Waals surface area contributed by atoms with E-state index in [-0.39, 0.29) is 5.60 Å². The first kappa shape index (κ1) is 15.3. The van der Waals surface area contributed by atoms with Crippen LogP contribution in [0.4, 0.5) is 0 Å². The summed E-state index contributed by atoms with van der Waals surface area (Å²) in [5, 5.41) is 3.61. The molecule has 3 heteroatoms. The van der Waals surface area contributed by atoms with Crippen LogP contribution in [0.2, 0.25) is 0 Å². The number of rotatable bonds is 5. The minimum atomic E-state index is 0.0107. The van der Waals surface area contributed by atoms with Crippen molar-refractivity contribution in [3.05, 3.63) is 0 Å². The number of hydrogen-bond acceptors (Lipinski definition) is 3. The number of hydrogen-bond donors (Lipinski definition) is 1. The average molecular weight is 269 g/mol. The van der Waals surface area contributed by atoms with E-state index in [1.807, 2.05) is 0 Å². The minimum absolute atomic E-state index is 0.0107. The monoisotopic (exact) mass is 269 g/mol. The first-order valence-corrected chi connectivity index (χ1v) is 8.21. The molecular weight excluding hydrogens is 238 g/mol. The van der Waals surface area contributed by atoms with Crippen molar-refractivity contribution in [3.8, 4) is 0 Å². The van der Waals surface area contributed by atoms with E-state index < -0.39 is 0 Å². The van der Waals surface area contributed by atoms with Crippen LogP contribution in [-0.4, -0.2) is 38.5 Å². The second kappa shape index (κ2) is 7.61. The molecule has 2 fully saturated rings. The molecule has 0 aromatic rings. The quantitative estimate of drug-likeness (QED) is 0.778. The summed E-state index contributed by atoms with van der Waals surface area (Å²) in [5.41, 5.74) is 0.0107. The Bertz CT molecular complexity index is 238. The van der Waals surface area contributed by atoms with Gasteiger partial charge in [-0.15, -0.1) is 0 Å². The van der Waals surface area contributed by atoms with Gasteiger partial charge in [0.05, 0.1) is 5.60 Å². The second-order valence-electron chi connectivity index (χ2n) is 6.13. The van der Waals surface area contributed by atoms with E-state index in [2.05, 4.69) is 19.3 Å². The van der Waals surface area contributed by atoms with Gasteiger partial charge in [-0.05, 0) is 32.7 Å². The van der Waals surface area contributed by atoms with Crippen LogP contribution in [0.15, 0.2) is 0 Å². The van der Waals surface area contributed by atoms with E-state index in [0.717, 1.165) is 38.6 Å². The topological polar surface area (TPSA) is 30.5 Å². The lowest BCUT2D eigenvalue weighted by atomic mass is 9.76. The van der Waals surface area contributed by atoms with Gasteiger partial charge in [0.15, 0.2) is 0 Å². The highest BCUT2D eigenvalue weighted by Gasteiger charge is 2.43. The summed E-state index contributed by atoms with van der Waals surface area (Å²) in [6, 6.07) is 0.495. The van der Waals surface area contributed by atoms with E-state index in [1.54, 1.807) is 0 Å². The molecule has 19 heavy (non-hydrogen) atoms. The lowest BCUT2D eigenvalue weighted by molar-refractivity contribution is -0.136.